The Morgan fingerprint density at radius 3 is 2.61 bits per heavy atom. The quantitative estimate of drug-likeness (QED) is 0.809. The van der Waals surface area contributed by atoms with Gasteiger partial charge in [-0.15, -0.1) is 0 Å². The number of ether oxygens (including phenoxy) is 1. The van der Waals surface area contributed by atoms with Crippen LogP contribution in [0.25, 0.3) is 0 Å². The second-order valence-corrected chi connectivity index (χ2v) is 7.20. The molecule has 2 aromatic carbocycles. The lowest BCUT2D eigenvalue weighted by Crippen LogP contribution is -2.28. The van der Waals surface area contributed by atoms with Crippen LogP contribution in [-0.2, 0) is 19.1 Å². The lowest BCUT2D eigenvalue weighted by molar-refractivity contribution is -0.151. The molecule has 0 unspecified atom stereocenters. The Morgan fingerprint density at radius 2 is 1.89 bits per heavy atom. The van der Waals surface area contributed by atoms with E-state index in [0.717, 1.165) is 22.4 Å². The molecular formula is C22H24N2O4. The van der Waals surface area contributed by atoms with Gasteiger partial charge in [0.1, 0.15) is 0 Å². The molecule has 146 valence electrons. The first-order valence-corrected chi connectivity index (χ1v) is 9.24. The highest BCUT2D eigenvalue weighted by Crippen LogP contribution is 2.27. The molecular weight excluding hydrogens is 356 g/mol. The number of nitrogens with zero attached hydrogens (tertiary/aromatic N) is 1. The molecule has 28 heavy (non-hydrogen) atoms. The molecule has 3 rings (SSSR count). The fraction of sp³-hybridized carbons (Fsp3) is 0.318. The molecule has 0 radical (unpaired) electrons. The lowest BCUT2D eigenvalue weighted by atomic mass is 10.1. The average molecular weight is 380 g/mol. The molecule has 1 aliphatic heterocycles. The smallest absolute Gasteiger partial charge is 0.311 e. The molecule has 0 aliphatic carbocycles. The SMILES string of the molecule is Cc1cccc(NC(=O)COC(=O)[C@H]2CC(=O)N(c3ccc(C)c(C)c3)C2)c1. The number of carbonyl (C=O) groups excluding carboxylic acids is 3. The van der Waals surface area contributed by atoms with Crippen molar-refractivity contribution in [1.29, 1.82) is 0 Å². The lowest BCUT2D eigenvalue weighted by Gasteiger charge is -2.17. The van der Waals surface area contributed by atoms with Crippen LogP contribution in [0.3, 0.4) is 0 Å². The summed E-state index contributed by atoms with van der Waals surface area (Å²) in [4.78, 5) is 38.3. The fourth-order valence-corrected chi connectivity index (χ4v) is 3.18. The Hall–Kier alpha value is -3.15. The Labute approximate surface area is 164 Å². The van der Waals surface area contributed by atoms with Crippen LogP contribution in [0.1, 0.15) is 23.1 Å². The highest BCUT2D eigenvalue weighted by molar-refractivity contribution is 6.00. The third kappa shape index (κ3) is 4.57. The van der Waals surface area contributed by atoms with E-state index in [2.05, 4.69) is 5.32 Å². The number of rotatable bonds is 5. The summed E-state index contributed by atoms with van der Waals surface area (Å²) >= 11 is 0. The van der Waals surface area contributed by atoms with Gasteiger partial charge in [0.25, 0.3) is 5.91 Å². The molecule has 2 amide bonds. The number of amides is 2. The first kappa shape index (κ1) is 19.6. The van der Waals surface area contributed by atoms with E-state index in [1.54, 1.807) is 11.0 Å². The molecule has 1 fully saturated rings. The van der Waals surface area contributed by atoms with Crippen LogP contribution in [0.4, 0.5) is 11.4 Å². The third-order valence-corrected chi connectivity index (χ3v) is 4.91. The van der Waals surface area contributed by atoms with Crippen LogP contribution in [0.5, 0.6) is 0 Å². The van der Waals surface area contributed by atoms with Crippen LogP contribution < -0.4 is 10.2 Å². The van der Waals surface area contributed by atoms with E-state index < -0.39 is 17.8 Å². The van der Waals surface area contributed by atoms with Gasteiger partial charge in [-0.2, -0.15) is 0 Å². The maximum Gasteiger partial charge on any atom is 0.311 e. The van der Waals surface area contributed by atoms with Crippen LogP contribution >= 0.6 is 0 Å². The van der Waals surface area contributed by atoms with Crippen LogP contribution in [-0.4, -0.2) is 30.9 Å². The molecule has 0 saturated carbocycles. The maximum absolute atomic E-state index is 12.3. The van der Waals surface area contributed by atoms with E-state index in [4.69, 9.17) is 4.74 Å². The topological polar surface area (TPSA) is 75.7 Å². The van der Waals surface area contributed by atoms with Gasteiger partial charge in [-0.25, -0.2) is 0 Å². The molecule has 6 nitrogen and oxygen atoms in total. The van der Waals surface area contributed by atoms with Gasteiger partial charge in [0.15, 0.2) is 6.61 Å². The molecule has 2 aromatic rings. The van der Waals surface area contributed by atoms with Gasteiger partial charge >= 0.3 is 5.97 Å². The number of nitrogens with one attached hydrogen (secondary N) is 1. The van der Waals surface area contributed by atoms with Gasteiger partial charge in [-0.3, -0.25) is 14.4 Å². The number of anilines is 2. The molecule has 6 heteroatoms. The number of hydrogen-bond donors (Lipinski definition) is 1. The van der Waals surface area contributed by atoms with Crippen molar-refractivity contribution >= 4 is 29.2 Å². The third-order valence-electron chi connectivity index (χ3n) is 4.91. The molecule has 0 spiro atoms. The first-order valence-electron chi connectivity index (χ1n) is 9.24. The monoisotopic (exact) mass is 380 g/mol. The summed E-state index contributed by atoms with van der Waals surface area (Å²) in [5, 5.41) is 2.69. The highest BCUT2D eigenvalue weighted by Gasteiger charge is 2.36. The Morgan fingerprint density at radius 1 is 1.11 bits per heavy atom. The van der Waals surface area contributed by atoms with E-state index >= 15 is 0 Å². The van der Waals surface area contributed by atoms with Crippen molar-refractivity contribution < 1.29 is 19.1 Å². The van der Waals surface area contributed by atoms with Gasteiger partial charge in [0.05, 0.1) is 5.92 Å². The van der Waals surface area contributed by atoms with E-state index in [9.17, 15) is 14.4 Å². The Balaban J connectivity index is 1.54. The zero-order valence-corrected chi connectivity index (χ0v) is 16.3. The average Bonchev–Trinajstić information content (AvgIpc) is 3.04. The second kappa shape index (κ2) is 8.25. The summed E-state index contributed by atoms with van der Waals surface area (Å²) in [5.74, 6) is -1.62. The summed E-state index contributed by atoms with van der Waals surface area (Å²) in [5.41, 5.74) is 4.68. The number of benzene rings is 2. The van der Waals surface area contributed by atoms with Crippen molar-refractivity contribution in [3.8, 4) is 0 Å². The number of aryl methyl sites for hydroxylation is 3. The van der Waals surface area contributed by atoms with Gasteiger partial charge < -0.3 is 15.0 Å². The van der Waals surface area contributed by atoms with Crippen molar-refractivity contribution in [3.63, 3.8) is 0 Å². The predicted molar refractivity (Wildman–Crippen MR) is 107 cm³/mol. The molecule has 1 heterocycles. The first-order chi connectivity index (χ1) is 13.3. The molecule has 1 N–H and O–H groups in total. The molecule has 1 saturated heterocycles. The van der Waals surface area contributed by atoms with Gasteiger partial charge in [0.2, 0.25) is 5.91 Å². The van der Waals surface area contributed by atoms with E-state index in [1.807, 2.05) is 57.2 Å². The summed E-state index contributed by atoms with van der Waals surface area (Å²) in [6, 6.07) is 13.1. The largest absolute Gasteiger partial charge is 0.455 e. The van der Waals surface area contributed by atoms with Gasteiger partial charge in [0, 0.05) is 24.3 Å². The second-order valence-electron chi connectivity index (χ2n) is 7.20. The molecule has 0 bridgehead atoms. The van der Waals surface area contributed by atoms with Crippen LogP contribution in [0, 0.1) is 26.7 Å². The van der Waals surface area contributed by atoms with Gasteiger partial charge in [-0.1, -0.05) is 18.2 Å². The Bertz CT molecular complexity index is 923. The van der Waals surface area contributed by atoms with Gasteiger partial charge in [-0.05, 0) is 61.7 Å². The van der Waals surface area contributed by atoms with Crippen molar-refractivity contribution in [2.24, 2.45) is 5.92 Å². The van der Waals surface area contributed by atoms with Crippen LogP contribution in [0.15, 0.2) is 42.5 Å². The van der Waals surface area contributed by atoms with E-state index in [1.165, 1.54) is 0 Å². The normalized spacial score (nSPS) is 16.2. The zero-order valence-electron chi connectivity index (χ0n) is 16.3. The minimum atomic E-state index is -0.569. The highest BCUT2D eigenvalue weighted by atomic mass is 16.5. The van der Waals surface area contributed by atoms with Crippen LogP contribution in [0.2, 0.25) is 0 Å². The van der Waals surface area contributed by atoms with Crippen molar-refractivity contribution in [3.05, 3.63) is 59.2 Å². The predicted octanol–water partition coefficient (Wildman–Crippen LogP) is 3.15. The summed E-state index contributed by atoms with van der Waals surface area (Å²) in [6.07, 6.45) is 0.0885. The van der Waals surface area contributed by atoms with E-state index in [0.29, 0.717) is 5.69 Å². The zero-order chi connectivity index (χ0) is 20.3. The maximum atomic E-state index is 12.3. The molecule has 1 atom stereocenters. The van der Waals surface area contributed by atoms with E-state index in [-0.39, 0.29) is 25.5 Å². The number of carbonyl (C=O) groups is 3. The van der Waals surface area contributed by atoms with Crippen molar-refractivity contribution in [2.75, 3.05) is 23.4 Å². The number of esters is 1. The van der Waals surface area contributed by atoms with Crippen molar-refractivity contribution in [2.45, 2.75) is 27.2 Å². The summed E-state index contributed by atoms with van der Waals surface area (Å²) in [6.45, 7) is 5.81. The summed E-state index contributed by atoms with van der Waals surface area (Å²) in [7, 11) is 0. The fourth-order valence-electron chi connectivity index (χ4n) is 3.18. The Kier molecular flexibility index (Phi) is 5.78. The molecule has 0 aromatic heterocycles. The summed E-state index contributed by atoms with van der Waals surface area (Å²) < 4.78 is 5.14. The number of hydrogen-bond acceptors (Lipinski definition) is 4. The minimum absolute atomic E-state index is 0.0885. The molecule has 1 aliphatic rings. The minimum Gasteiger partial charge on any atom is -0.455 e. The van der Waals surface area contributed by atoms with Crippen molar-refractivity contribution in [1.82, 2.24) is 0 Å². The standard InChI is InChI=1S/C22H24N2O4/c1-14-5-4-6-18(9-14)23-20(25)13-28-22(27)17-11-21(26)24(12-17)19-8-7-15(2)16(3)10-19/h4-10,17H,11-13H2,1-3H3,(H,23,25)/t17-/m0/s1.